The summed E-state index contributed by atoms with van der Waals surface area (Å²) in [5.41, 5.74) is 1.31. The predicted octanol–water partition coefficient (Wildman–Crippen LogP) is 2.46. The zero-order chi connectivity index (χ0) is 27.1. The lowest BCUT2D eigenvalue weighted by atomic mass is 10.1. The number of pyridine rings is 2. The number of thioether (sulfide) groups is 1. The van der Waals surface area contributed by atoms with Gasteiger partial charge in [0.2, 0.25) is 5.91 Å². The van der Waals surface area contributed by atoms with Crippen LogP contribution < -0.4 is 10.9 Å². The lowest BCUT2D eigenvalue weighted by Gasteiger charge is -2.30. The molecule has 0 aromatic carbocycles. The summed E-state index contributed by atoms with van der Waals surface area (Å²) >= 11 is 1.92. The highest BCUT2D eigenvalue weighted by atomic mass is 32.2. The molecule has 5 heterocycles. The normalized spacial score (nSPS) is 27.5. The summed E-state index contributed by atoms with van der Waals surface area (Å²) in [5, 5.41) is 3.80. The van der Waals surface area contributed by atoms with E-state index in [1.807, 2.05) is 29.1 Å². The largest absolute Gasteiger partial charge is 0.416 e. The molecule has 3 aliphatic heterocycles. The third-order valence-corrected chi connectivity index (χ3v) is 9.95. The topological polar surface area (TPSA) is 79.7 Å². The lowest BCUT2D eigenvalue weighted by molar-refractivity contribution is -0.138. The highest BCUT2D eigenvalue weighted by Gasteiger charge is 2.41. The van der Waals surface area contributed by atoms with E-state index in [2.05, 4.69) is 21.3 Å². The molecule has 4 atom stereocenters. The van der Waals surface area contributed by atoms with Crippen LogP contribution in [0.3, 0.4) is 0 Å². The second-order valence-corrected chi connectivity index (χ2v) is 12.3. The predicted molar refractivity (Wildman–Crippen MR) is 140 cm³/mol. The maximum atomic E-state index is 13.2. The number of hydrogen-bond donors (Lipinski definition) is 1. The van der Waals surface area contributed by atoms with Crippen LogP contribution in [0.5, 0.6) is 0 Å². The van der Waals surface area contributed by atoms with E-state index in [0.29, 0.717) is 30.5 Å². The summed E-state index contributed by atoms with van der Waals surface area (Å²) in [6, 6.07) is 4.07. The molecule has 2 saturated heterocycles. The van der Waals surface area contributed by atoms with Gasteiger partial charge in [-0.2, -0.15) is 13.2 Å². The van der Waals surface area contributed by atoms with Crippen LogP contribution in [0.4, 0.5) is 13.2 Å². The maximum absolute atomic E-state index is 13.2. The average molecular weight is 564 g/mol. The molecule has 6 rings (SSSR count). The molecule has 12 heteroatoms. The Hall–Kier alpha value is -2.41. The van der Waals surface area contributed by atoms with E-state index >= 15 is 0 Å². The van der Waals surface area contributed by atoms with Gasteiger partial charge in [-0.1, -0.05) is 0 Å². The number of nitrogens with one attached hydrogen (secondary N) is 1. The molecule has 210 valence electrons. The Balaban J connectivity index is 1.12. The summed E-state index contributed by atoms with van der Waals surface area (Å²) in [4.78, 5) is 34.0. The SMILES string of the molecule is O=C(CN1CCn2c(cc(C(F)(F)F)cc2=O)C1)NC1CN(C2CCOC2)C[C@@H]1SC1CCc2ccncc21. The van der Waals surface area contributed by atoms with E-state index in [9.17, 15) is 22.8 Å². The van der Waals surface area contributed by atoms with Crippen LogP contribution in [-0.4, -0.2) is 82.0 Å². The molecule has 1 amide bonds. The van der Waals surface area contributed by atoms with E-state index in [1.54, 1.807) is 0 Å². The molecular weight excluding hydrogens is 531 g/mol. The number of amides is 1. The number of ether oxygens (including phenoxy) is 1. The van der Waals surface area contributed by atoms with Gasteiger partial charge in [-0.15, -0.1) is 11.8 Å². The fourth-order valence-electron chi connectivity index (χ4n) is 6.28. The van der Waals surface area contributed by atoms with Gasteiger partial charge >= 0.3 is 6.18 Å². The molecule has 0 bridgehead atoms. The third-order valence-electron chi connectivity index (χ3n) is 8.30. The number of carbonyl (C=O) groups excluding carboxylic acids is 1. The van der Waals surface area contributed by atoms with E-state index in [1.165, 1.54) is 15.7 Å². The highest BCUT2D eigenvalue weighted by Crippen LogP contribution is 2.45. The summed E-state index contributed by atoms with van der Waals surface area (Å²) in [7, 11) is 0. The van der Waals surface area contributed by atoms with Crippen molar-refractivity contribution in [2.75, 3.05) is 39.4 Å². The molecule has 3 unspecified atom stereocenters. The Morgan fingerprint density at radius 2 is 2.08 bits per heavy atom. The number of carbonyl (C=O) groups is 1. The molecular formula is C27H32F3N5O3S. The van der Waals surface area contributed by atoms with Crippen molar-refractivity contribution in [2.45, 2.75) is 61.1 Å². The summed E-state index contributed by atoms with van der Waals surface area (Å²) in [6.07, 6.45) is 2.30. The van der Waals surface area contributed by atoms with E-state index in [4.69, 9.17) is 4.74 Å². The number of alkyl halides is 3. The van der Waals surface area contributed by atoms with Gasteiger partial charge < -0.3 is 14.6 Å². The Bertz CT molecular complexity index is 1280. The van der Waals surface area contributed by atoms with Crippen LogP contribution in [0, 0.1) is 0 Å². The second kappa shape index (κ2) is 10.9. The summed E-state index contributed by atoms with van der Waals surface area (Å²) in [6.45, 7) is 3.95. The first-order chi connectivity index (χ1) is 18.7. The first-order valence-electron chi connectivity index (χ1n) is 13.5. The van der Waals surface area contributed by atoms with E-state index in [-0.39, 0.29) is 42.5 Å². The standard InChI is InChI=1S/C27H32F3N5O3S/c28-27(29,30)18-9-20-12-33(6-7-35(20)26(37)10-18)15-25(36)32-22-13-34(19-4-8-38-16-19)14-24(22)39-23-2-1-17-3-5-31-11-21(17)23/h3,5,9-11,19,22-24H,1-2,4,6-8,12-16H2,(H,32,36)/t19?,22?,23?,24-/m0/s1. The third kappa shape index (κ3) is 5.75. The molecule has 2 aromatic rings. The van der Waals surface area contributed by atoms with Crippen molar-refractivity contribution in [3.05, 3.63) is 63.3 Å². The van der Waals surface area contributed by atoms with Crippen molar-refractivity contribution < 1.29 is 22.7 Å². The molecule has 0 radical (unpaired) electrons. The highest BCUT2D eigenvalue weighted by molar-refractivity contribution is 8.00. The van der Waals surface area contributed by atoms with Gasteiger partial charge in [0.05, 0.1) is 24.8 Å². The number of halogens is 3. The maximum Gasteiger partial charge on any atom is 0.416 e. The molecule has 0 saturated carbocycles. The number of rotatable bonds is 6. The number of fused-ring (bicyclic) bond motifs is 2. The van der Waals surface area contributed by atoms with Crippen LogP contribution in [0.15, 0.2) is 35.4 Å². The monoisotopic (exact) mass is 563 g/mol. The number of nitrogens with zero attached hydrogens (tertiary/aromatic N) is 4. The second-order valence-electron chi connectivity index (χ2n) is 10.9. The zero-order valence-corrected chi connectivity index (χ0v) is 22.3. The van der Waals surface area contributed by atoms with Gasteiger partial charge in [0, 0.05) is 80.0 Å². The van der Waals surface area contributed by atoms with Gasteiger partial charge in [0.25, 0.3) is 5.56 Å². The average Bonchev–Trinajstić information content (AvgIpc) is 3.65. The Morgan fingerprint density at radius 3 is 2.87 bits per heavy atom. The number of likely N-dealkylation sites (tertiary alicyclic amines) is 1. The smallest absolute Gasteiger partial charge is 0.380 e. The molecule has 4 aliphatic rings. The van der Waals surface area contributed by atoms with Gasteiger partial charge in [0.1, 0.15) is 0 Å². The molecule has 8 nitrogen and oxygen atoms in total. The Labute approximate surface area is 228 Å². The van der Waals surface area contributed by atoms with Crippen molar-refractivity contribution >= 4 is 17.7 Å². The quantitative estimate of drug-likeness (QED) is 0.579. The minimum atomic E-state index is -4.59. The first kappa shape index (κ1) is 26.8. The fourth-order valence-corrected chi connectivity index (χ4v) is 7.93. The van der Waals surface area contributed by atoms with E-state index < -0.39 is 17.3 Å². The van der Waals surface area contributed by atoms with Crippen molar-refractivity contribution in [2.24, 2.45) is 0 Å². The zero-order valence-electron chi connectivity index (χ0n) is 21.5. The molecule has 39 heavy (non-hydrogen) atoms. The molecule has 2 aromatic heterocycles. The van der Waals surface area contributed by atoms with Gasteiger partial charge in [-0.25, -0.2) is 0 Å². The molecule has 1 aliphatic carbocycles. The van der Waals surface area contributed by atoms with Crippen molar-refractivity contribution in [1.29, 1.82) is 0 Å². The van der Waals surface area contributed by atoms with Gasteiger partial charge in [0.15, 0.2) is 0 Å². The number of aromatic nitrogens is 2. The molecule has 1 N–H and O–H groups in total. The minimum Gasteiger partial charge on any atom is -0.380 e. The fraction of sp³-hybridized carbons (Fsp3) is 0.593. The Morgan fingerprint density at radius 1 is 1.21 bits per heavy atom. The van der Waals surface area contributed by atoms with Crippen molar-refractivity contribution in [3.8, 4) is 0 Å². The van der Waals surface area contributed by atoms with Crippen LogP contribution in [-0.2, 0) is 35.2 Å². The lowest BCUT2D eigenvalue weighted by Crippen LogP contribution is -2.48. The molecule has 2 fully saturated rings. The number of aryl methyl sites for hydroxylation is 1. The van der Waals surface area contributed by atoms with Crippen LogP contribution in [0.2, 0.25) is 0 Å². The number of hydrogen-bond acceptors (Lipinski definition) is 7. The van der Waals surface area contributed by atoms with Gasteiger partial charge in [-0.05, 0) is 42.5 Å². The van der Waals surface area contributed by atoms with Crippen molar-refractivity contribution in [1.82, 2.24) is 24.7 Å². The Kier molecular flexibility index (Phi) is 7.47. The molecule has 0 spiro atoms. The van der Waals surface area contributed by atoms with Gasteiger partial charge in [-0.3, -0.25) is 24.4 Å². The summed E-state index contributed by atoms with van der Waals surface area (Å²) in [5.74, 6) is -0.147. The minimum absolute atomic E-state index is 0.0413. The van der Waals surface area contributed by atoms with Crippen LogP contribution in [0.1, 0.15) is 40.5 Å². The van der Waals surface area contributed by atoms with Crippen LogP contribution in [0.25, 0.3) is 0 Å². The van der Waals surface area contributed by atoms with E-state index in [0.717, 1.165) is 45.0 Å². The first-order valence-corrected chi connectivity index (χ1v) is 14.4. The van der Waals surface area contributed by atoms with Crippen LogP contribution >= 0.6 is 11.8 Å². The van der Waals surface area contributed by atoms with Crippen molar-refractivity contribution in [3.63, 3.8) is 0 Å². The summed E-state index contributed by atoms with van der Waals surface area (Å²) < 4.78 is 46.7.